The van der Waals surface area contributed by atoms with Gasteiger partial charge >= 0.3 is 18.0 Å². The van der Waals surface area contributed by atoms with Gasteiger partial charge < -0.3 is 10.0 Å². The van der Waals surface area contributed by atoms with Crippen molar-refractivity contribution in [2.24, 2.45) is 0 Å². The molecular formula is C25H23F8NO6S2. The van der Waals surface area contributed by atoms with Crippen LogP contribution in [0, 0.1) is 5.82 Å². The van der Waals surface area contributed by atoms with Gasteiger partial charge in [-0.05, 0) is 49.1 Å². The Kier molecular flexibility index (Phi) is 7.76. The Morgan fingerprint density at radius 2 is 1.33 bits per heavy atom. The van der Waals surface area contributed by atoms with E-state index in [-0.39, 0.29) is 18.7 Å². The van der Waals surface area contributed by atoms with Crippen molar-refractivity contribution in [2.45, 2.75) is 52.5 Å². The Hall–Kier alpha value is -2.79. The number of carbonyl (C=O) groups excluding carboxylic acids is 1. The highest BCUT2D eigenvalue weighted by molar-refractivity contribution is 7.92. The molecule has 17 heteroatoms. The van der Waals surface area contributed by atoms with Crippen LogP contribution >= 0.6 is 0 Å². The summed E-state index contributed by atoms with van der Waals surface area (Å²) in [6, 6.07) is 4.84. The van der Waals surface area contributed by atoms with E-state index in [1.54, 1.807) is 0 Å². The molecule has 232 valence electrons. The number of carbonyl (C=O) groups is 1. The van der Waals surface area contributed by atoms with Gasteiger partial charge in [0.15, 0.2) is 19.7 Å². The van der Waals surface area contributed by atoms with Gasteiger partial charge in [0.05, 0.1) is 16.4 Å². The molecule has 7 nitrogen and oxygen atoms in total. The van der Waals surface area contributed by atoms with E-state index in [4.69, 9.17) is 0 Å². The molecule has 0 unspecified atom stereocenters. The number of nitrogens with zero attached hydrogens (tertiary/aromatic N) is 1. The summed E-state index contributed by atoms with van der Waals surface area (Å²) in [6.07, 6.45) is -14.3. The van der Waals surface area contributed by atoms with Crippen LogP contribution in [-0.4, -0.2) is 75.3 Å². The first kappa shape index (κ1) is 32.1. The van der Waals surface area contributed by atoms with Crippen molar-refractivity contribution in [2.75, 3.05) is 24.6 Å². The lowest BCUT2D eigenvalue weighted by molar-refractivity contribution is -0.348. The molecule has 2 aromatic carbocycles. The zero-order valence-corrected chi connectivity index (χ0v) is 23.0. The standard InChI is InChI=1S/C25H23F8NO6S2/c26-18-5-7-19(8-6-18)42(39,40)22(9-12-34(15-22)20(35)21(36)10-13-41(37,38)14-11-21)16-1-3-17(4-2-16)23(27,24(28,29)30)25(31,32)33/h1-8,36H,9-15H2/t22-/m0/s1. The molecule has 1 N–H and O–H groups in total. The lowest BCUT2D eigenvalue weighted by Gasteiger charge is -2.35. The van der Waals surface area contributed by atoms with Gasteiger partial charge in [-0.2, -0.15) is 26.3 Å². The van der Waals surface area contributed by atoms with E-state index in [2.05, 4.69) is 0 Å². The molecule has 2 saturated heterocycles. The minimum atomic E-state index is -6.41. The Balaban J connectivity index is 1.80. The first-order chi connectivity index (χ1) is 19.1. The smallest absolute Gasteiger partial charge is 0.380 e. The second kappa shape index (κ2) is 10.1. The number of rotatable bonds is 5. The fraction of sp³-hybridized carbons (Fsp3) is 0.480. The van der Waals surface area contributed by atoms with Crippen LogP contribution in [0.3, 0.4) is 0 Å². The molecule has 0 bridgehead atoms. The predicted octanol–water partition coefficient (Wildman–Crippen LogP) is 3.96. The number of likely N-dealkylation sites (tertiary alicyclic amines) is 1. The third-order valence-corrected chi connectivity index (χ3v) is 11.9. The second-order valence-corrected chi connectivity index (χ2v) is 14.9. The maximum atomic E-state index is 14.6. The van der Waals surface area contributed by atoms with Gasteiger partial charge in [-0.1, -0.05) is 24.3 Å². The quantitative estimate of drug-likeness (QED) is 0.388. The van der Waals surface area contributed by atoms with E-state index < -0.39 is 113 Å². The largest absolute Gasteiger partial charge is 0.435 e. The molecule has 1 atom stereocenters. The van der Waals surface area contributed by atoms with Gasteiger partial charge in [-0.15, -0.1) is 0 Å². The van der Waals surface area contributed by atoms with Crippen molar-refractivity contribution in [1.82, 2.24) is 4.90 Å². The van der Waals surface area contributed by atoms with Gasteiger partial charge in [0, 0.05) is 18.7 Å². The molecule has 2 aromatic rings. The lowest BCUT2D eigenvalue weighted by Crippen LogP contribution is -2.53. The zero-order chi connectivity index (χ0) is 31.6. The molecule has 42 heavy (non-hydrogen) atoms. The molecule has 0 spiro atoms. The summed E-state index contributed by atoms with van der Waals surface area (Å²) in [5.41, 5.74) is -10.2. The van der Waals surface area contributed by atoms with Crippen LogP contribution in [0.25, 0.3) is 0 Å². The Morgan fingerprint density at radius 1 is 0.833 bits per heavy atom. The zero-order valence-electron chi connectivity index (χ0n) is 21.3. The Bertz CT molecular complexity index is 1540. The van der Waals surface area contributed by atoms with Crippen LogP contribution < -0.4 is 0 Å². The van der Waals surface area contributed by atoms with Crippen LogP contribution in [0.5, 0.6) is 0 Å². The van der Waals surface area contributed by atoms with E-state index in [1.165, 1.54) is 0 Å². The van der Waals surface area contributed by atoms with Crippen molar-refractivity contribution in [1.29, 1.82) is 0 Å². The van der Waals surface area contributed by atoms with Crippen molar-refractivity contribution < 1.29 is 61.9 Å². The number of benzene rings is 2. The van der Waals surface area contributed by atoms with Crippen molar-refractivity contribution in [3.8, 4) is 0 Å². The van der Waals surface area contributed by atoms with Gasteiger partial charge in [-0.25, -0.2) is 25.6 Å². The molecule has 2 heterocycles. The Labute approximate surface area is 235 Å². The highest BCUT2D eigenvalue weighted by Crippen LogP contribution is 2.54. The summed E-state index contributed by atoms with van der Waals surface area (Å²) in [5.74, 6) is -2.87. The highest BCUT2D eigenvalue weighted by Gasteiger charge is 2.73. The van der Waals surface area contributed by atoms with E-state index in [9.17, 15) is 61.9 Å². The van der Waals surface area contributed by atoms with Crippen LogP contribution in [0.1, 0.15) is 30.4 Å². The number of alkyl halides is 7. The fourth-order valence-corrected chi connectivity index (χ4v) is 8.86. The molecule has 0 saturated carbocycles. The summed E-state index contributed by atoms with van der Waals surface area (Å²) in [7, 11) is -8.21. The molecule has 2 aliphatic heterocycles. The van der Waals surface area contributed by atoms with Gasteiger partial charge in [0.2, 0.25) is 0 Å². The summed E-state index contributed by atoms with van der Waals surface area (Å²) < 4.78 is 157. The average molecular weight is 650 g/mol. The molecule has 0 aromatic heterocycles. The number of sulfone groups is 2. The SMILES string of the molecule is O=C(N1CC[C@](c2ccc(C(F)(C(F)(F)F)C(F)(F)F)cc2)(S(=O)(=O)c2ccc(F)cc2)C1)C1(O)CCS(=O)(=O)CC1. The summed E-state index contributed by atoms with van der Waals surface area (Å²) >= 11 is 0. The van der Waals surface area contributed by atoms with Crippen LogP contribution in [0.4, 0.5) is 35.1 Å². The van der Waals surface area contributed by atoms with E-state index in [0.717, 1.165) is 29.2 Å². The molecule has 4 rings (SSSR count). The van der Waals surface area contributed by atoms with Gasteiger partial charge in [0.25, 0.3) is 5.91 Å². The van der Waals surface area contributed by atoms with Crippen molar-refractivity contribution in [3.63, 3.8) is 0 Å². The van der Waals surface area contributed by atoms with Crippen LogP contribution in [-0.2, 0) is 34.9 Å². The predicted molar refractivity (Wildman–Crippen MR) is 131 cm³/mol. The molecule has 2 fully saturated rings. The first-order valence-electron chi connectivity index (χ1n) is 12.3. The number of hydrogen-bond acceptors (Lipinski definition) is 6. The Morgan fingerprint density at radius 3 is 1.81 bits per heavy atom. The minimum Gasteiger partial charge on any atom is -0.380 e. The third-order valence-electron chi connectivity index (χ3n) is 7.80. The first-order valence-corrected chi connectivity index (χ1v) is 15.6. The van der Waals surface area contributed by atoms with Crippen LogP contribution in [0.15, 0.2) is 53.4 Å². The molecular weight excluding hydrogens is 626 g/mol. The summed E-state index contributed by atoms with van der Waals surface area (Å²) in [4.78, 5) is 13.7. The maximum Gasteiger partial charge on any atom is 0.435 e. The number of aliphatic hydroxyl groups is 1. The number of hydrogen-bond donors (Lipinski definition) is 1. The van der Waals surface area contributed by atoms with Gasteiger partial charge in [-0.3, -0.25) is 4.79 Å². The third kappa shape index (κ3) is 5.16. The van der Waals surface area contributed by atoms with Gasteiger partial charge in [0.1, 0.15) is 16.2 Å². The second-order valence-electron chi connectivity index (χ2n) is 10.3. The van der Waals surface area contributed by atoms with Crippen molar-refractivity contribution in [3.05, 3.63) is 65.5 Å². The molecule has 1 amide bonds. The van der Waals surface area contributed by atoms with E-state index in [0.29, 0.717) is 12.1 Å². The van der Waals surface area contributed by atoms with Crippen LogP contribution in [0.2, 0.25) is 0 Å². The maximum absolute atomic E-state index is 14.6. The molecule has 2 aliphatic rings. The van der Waals surface area contributed by atoms with Crippen molar-refractivity contribution >= 4 is 25.6 Å². The lowest BCUT2D eigenvalue weighted by atomic mass is 9.90. The number of halogens is 8. The minimum absolute atomic E-state index is 0.155. The average Bonchev–Trinajstić information content (AvgIpc) is 3.36. The fourth-order valence-electron chi connectivity index (χ4n) is 5.28. The molecule has 0 radical (unpaired) electrons. The topological polar surface area (TPSA) is 109 Å². The normalized spacial score (nSPS) is 23.1. The molecule has 0 aliphatic carbocycles. The van der Waals surface area contributed by atoms with E-state index >= 15 is 0 Å². The monoisotopic (exact) mass is 649 g/mol. The van der Waals surface area contributed by atoms with E-state index in [1.807, 2.05) is 0 Å². The highest BCUT2D eigenvalue weighted by atomic mass is 32.2. The summed E-state index contributed by atoms with van der Waals surface area (Å²) in [5, 5.41) is 10.9. The summed E-state index contributed by atoms with van der Waals surface area (Å²) in [6.45, 7) is -1.12. The number of amides is 1.